The Morgan fingerprint density at radius 1 is 1.05 bits per heavy atom. The second kappa shape index (κ2) is 6.43. The van der Waals surface area contributed by atoms with Gasteiger partial charge in [0.1, 0.15) is 11.6 Å². The predicted molar refractivity (Wildman–Crippen MR) is 80.6 cm³/mol. The lowest BCUT2D eigenvalue weighted by Gasteiger charge is -2.12. The highest BCUT2D eigenvalue weighted by Gasteiger charge is 2.03. The summed E-state index contributed by atoms with van der Waals surface area (Å²) in [6, 6.07) is 10.6. The van der Waals surface area contributed by atoms with Crippen LogP contribution in [0.15, 0.2) is 42.5 Å². The molecule has 0 fully saturated rings. The van der Waals surface area contributed by atoms with Crippen molar-refractivity contribution in [1.82, 2.24) is 5.32 Å². The fourth-order valence-electron chi connectivity index (χ4n) is 1.68. The van der Waals surface area contributed by atoms with Crippen LogP contribution in [-0.4, -0.2) is 5.11 Å². The van der Waals surface area contributed by atoms with Crippen LogP contribution in [0.3, 0.4) is 0 Å². The molecular formula is C15H14F2N2S. The number of anilines is 1. The molecule has 104 valence electrons. The molecule has 0 radical (unpaired) electrons. The summed E-state index contributed by atoms with van der Waals surface area (Å²) in [5.41, 5.74) is 2.44. The minimum absolute atomic E-state index is 0.273. The Morgan fingerprint density at radius 3 is 2.40 bits per heavy atom. The van der Waals surface area contributed by atoms with Crippen molar-refractivity contribution in [1.29, 1.82) is 0 Å². The van der Waals surface area contributed by atoms with Gasteiger partial charge in [-0.25, -0.2) is 8.78 Å². The van der Waals surface area contributed by atoms with Crippen molar-refractivity contribution >= 4 is 23.0 Å². The van der Waals surface area contributed by atoms with E-state index in [1.54, 1.807) is 18.2 Å². The van der Waals surface area contributed by atoms with E-state index in [-0.39, 0.29) is 11.6 Å². The van der Waals surface area contributed by atoms with Gasteiger partial charge >= 0.3 is 0 Å². The number of nitrogens with one attached hydrogen (secondary N) is 2. The van der Waals surface area contributed by atoms with Crippen molar-refractivity contribution in [3.05, 3.63) is 65.2 Å². The first-order valence-electron chi connectivity index (χ1n) is 6.10. The summed E-state index contributed by atoms with van der Waals surface area (Å²) in [6.07, 6.45) is 0. The maximum Gasteiger partial charge on any atom is 0.171 e. The zero-order valence-corrected chi connectivity index (χ0v) is 11.7. The van der Waals surface area contributed by atoms with Gasteiger partial charge in [-0.15, -0.1) is 0 Å². The van der Waals surface area contributed by atoms with E-state index in [9.17, 15) is 8.78 Å². The Hall–Kier alpha value is -2.01. The van der Waals surface area contributed by atoms with Gasteiger partial charge in [0.25, 0.3) is 0 Å². The zero-order valence-electron chi connectivity index (χ0n) is 10.9. The third-order valence-corrected chi connectivity index (χ3v) is 3.06. The molecule has 2 aromatic carbocycles. The molecule has 0 heterocycles. The SMILES string of the molecule is Cc1ccc(F)cc1NC(=S)NCc1ccc(F)cc1. The lowest BCUT2D eigenvalue weighted by atomic mass is 10.2. The molecule has 0 aliphatic rings. The van der Waals surface area contributed by atoms with Crippen LogP contribution in [0, 0.1) is 18.6 Å². The number of halogens is 2. The first kappa shape index (κ1) is 14.4. The maximum absolute atomic E-state index is 13.1. The van der Waals surface area contributed by atoms with Gasteiger partial charge in [0.15, 0.2) is 5.11 Å². The molecule has 0 unspecified atom stereocenters. The van der Waals surface area contributed by atoms with E-state index in [1.807, 2.05) is 6.92 Å². The van der Waals surface area contributed by atoms with Gasteiger partial charge in [0.2, 0.25) is 0 Å². The van der Waals surface area contributed by atoms with Crippen molar-refractivity contribution in [2.45, 2.75) is 13.5 Å². The molecule has 0 saturated heterocycles. The molecule has 0 saturated carbocycles. The number of rotatable bonds is 3. The zero-order chi connectivity index (χ0) is 14.5. The Kier molecular flexibility index (Phi) is 4.63. The molecule has 2 aromatic rings. The molecule has 0 spiro atoms. The first-order valence-corrected chi connectivity index (χ1v) is 6.51. The maximum atomic E-state index is 13.1. The van der Waals surface area contributed by atoms with Crippen LogP contribution in [0.2, 0.25) is 0 Å². The van der Waals surface area contributed by atoms with E-state index in [1.165, 1.54) is 24.3 Å². The highest BCUT2D eigenvalue weighted by atomic mass is 32.1. The quantitative estimate of drug-likeness (QED) is 0.842. The van der Waals surface area contributed by atoms with Crippen LogP contribution < -0.4 is 10.6 Å². The molecule has 0 bridgehead atoms. The number of hydrogen-bond donors (Lipinski definition) is 2. The Labute approximate surface area is 121 Å². The van der Waals surface area contributed by atoms with E-state index in [0.29, 0.717) is 17.3 Å². The van der Waals surface area contributed by atoms with Crippen LogP contribution in [0.4, 0.5) is 14.5 Å². The molecule has 0 aliphatic carbocycles. The number of aryl methyl sites for hydroxylation is 1. The lowest BCUT2D eigenvalue weighted by molar-refractivity contribution is 0.626. The van der Waals surface area contributed by atoms with Crippen molar-refractivity contribution in [3.8, 4) is 0 Å². The molecule has 0 aromatic heterocycles. The molecule has 2 nitrogen and oxygen atoms in total. The van der Waals surface area contributed by atoms with Crippen LogP contribution >= 0.6 is 12.2 Å². The van der Waals surface area contributed by atoms with E-state index in [2.05, 4.69) is 10.6 Å². The highest BCUT2D eigenvalue weighted by Crippen LogP contribution is 2.15. The van der Waals surface area contributed by atoms with E-state index >= 15 is 0 Å². The van der Waals surface area contributed by atoms with Crippen molar-refractivity contribution < 1.29 is 8.78 Å². The lowest BCUT2D eigenvalue weighted by Crippen LogP contribution is -2.28. The normalized spacial score (nSPS) is 10.2. The first-order chi connectivity index (χ1) is 9.54. The van der Waals surface area contributed by atoms with E-state index in [4.69, 9.17) is 12.2 Å². The summed E-state index contributed by atoms with van der Waals surface area (Å²) in [5, 5.41) is 6.32. The summed E-state index contributed by atoms with van der Waals surface area (Å²) >= 11 is 5.15. The standard InChI is InChI=1S/C15H14F2N2S/c1-10-2-5-13(17)8-14(10)19-15(20)18-9-11-3-6-12(16)7-4-11/h2-8H,9H2,1H3,(H2,18,19,20). The van der Waals surface area contributed by atoms with Gasteiger partial charge in [-0.3, -0.25) is 0 Å². The minimum atomic E-state index is -0.320. The van der Waals surface area contributed by atoms with Crippen LogP contribution in [0.5, 0.6) is 0 Å². The van der Waals surface area contributed by atoms with Crippen LogP contribution in [-0.2, 0) is 6.54 Å². The second-order valence-corrected chi connectivity index (χ2v) is 4.80. The average molecular weight is 292 g/mol. The van der Waals surface area contributed by atoms with Gasteiger partial charge in [-0.1, -0.05) is 18.2 Å². The molecule has 20 heavy (non-hydrogen) atoms. The Balaban J connectivity index is 1.92. The summed E-state index contributed by atoms with van der Waals surface area (Å²) in [4.78, 5) is 0. The molecule has 2 N–H and O–H groups in total. The topological polar surface area (TPSA) is 24.1 Å². The van der Waals surface area contributed by atoms with Crippen LogP contribution in [0.1, 0.15) is 11.1 Å². The summed E-state index contributed by atoms with van der Waals surface area (Å²) in [5.74, 6) is -0.593. The largest absolute Gasteiger partial charge is 0.358 e. The average Bonchev–Trinajstić information content (AvgIpc) is 2.42. The third-order valence-electron chi connectivity index (χ3n) is 2.81. The highest BCUT2D eigenvalue weighted by molar-refractivity contribution is 7.80. The van der Waals surface area contributed by atoms with Gasteiger partial charge in [-0.05, 0) is 54.5 Å². The van der Waals surface area contributed by atoms with Gasteiger partial charge in [0, 0.05) is 12.2 Å². The summed E-state index contributed by atoms with van der Waals surface area (Å²) < 4.78 is 25.9. The molecule has 0 amide bonds. The van der Waals surface area contributed by atoms with Gasteiger partial charge in [-0.2, -0.15) is 0 Å². The number of thiocarbonyl (C=S) groups is 1. The monoisotopic (exact) mass is 292 g/mol. The van der Waals surface area contributed by atoms with E-state index < -0.39 is 0 Å². The second-order valence-electron chi connectivity index (χ2n) is 4.39. The fourth-order valence-corrected chi connectivity index (χ4v) is 1.86. The minimum Gasteiger partial charge on any atom is -0.358 e. The van der Waals surface area contributed by atoms with E-state index in [0.717, 1.165) is 11.1 Å². The predicted octanol–water partition coefficient (Wildman–Crippen LogP) is 3.76. The number of benzene rings is 2. The Morgan fingerprint density at radius 2 is 1.70 bits per heavy atom. The Bertz CT molecular complexity index is 612. The van der Waals surface area contributed by atoms with Gasteiger partial charge < -0.3 is 10.6 Å². The molecule has 0 atom stereocenters. The molecule has 2 rings (SSSR count). The van der Waals surface area contributed by atoms with Crippen molar-refractivity contribution in [2.75, 3.05) is 5.32 Å². The smallest absolute Gasteiger partial charge is 0.171 e. The van der Waals surface area contributed by atoms with Crippen molar-refractivity contribution in [2.24, 2.45) is 0 Å². The third kappa shape index (κ3) is 3.99. The van der Waals surface area contributed by atoms with Crippen molar-refractivity contribution in [3.63, 3.8) is 0 Å². The number of hydrogen-bond acceptors (Lipinski definition) is 1. The van der Waals surface area contributed by atoms with Crippen LogP contribution in [0.25, 0.3) is 0 Å². The summed E-state index contributed by atoms with van der Waals surface area (Å²) in [6.45, 7) is 2.34. The molecular weight excluding hydrogens is 278 g/mol. The van der Waals surface area contributed by atoms with Gasteiger partial charge in [0.05, 0.1) is 0 Å². The summed E-state index contributed by atoms with van der Waals surface area (Å²) in [7, 11) is 0. The molecule has 5 heteroatoms. The molecule has 0 aliphatic heterocycles. The fraction of sp³-hybridized carbons (Fsp3) is 0.133.